The lowest BCUT2D eigenvalue weighted by molar-refractivity contribution is -0.0645. The van der Waals surface area contributed by atoms with Crippen LogP contribution in [0.2, 0.25) is 0 Å². The van der Waals surface area contributed by atoms with E-state index in [1.165, 1.54) is 6.08 Å². The Bertz CT molecular complexity index is 934. The maximum atomic E-state index is 12.6. The van der Waals surface area contributed by atoms with Gasteiger partial charge in [0.05, 0.1) is 16.4 Å². The second-order valence-corrected chi connectivity index (χ2v) is 8.06. The molecular weight excluding hydrogens is 436 g/mol. The molecule has 8 nitrogen and oxygen atoms in total. The van der Waals surface area contributed by atoms with Crippen molar-refractivity contribution in [2.75, 3.05) is 13.2 Å². The number of esters is 2. The van der Waals surface area contributed by atoms with Crippen molar-refractivity contribution in [2.45, 2.75) is 22.9 Å². The average Bonchev–Trinajstić information content (AvgIpc) is 3.11. The smallest absolute Gasteiger partial charge is 0.461 e. The zero-order chi connectivity index (χ0) is 22.9. The molecule has 1 fully saturated rings. The Labute approximate surface area is 189 Å². The molecule has 2 aromatic rings. The highest BCUT2D eigenvalue weighted by atomic mass is 32.2. The van der Waals surface area contributed by atoms with Crippen molar-refractivity contribution in [2.24, 2.45) is 0 Å². The second kappa shape index (κ2) is 11.4. The lowest BCUT2D eigenvalue weighted by atomic mass is 10.1. The van der Waals surface area contributed by atoms with Crippen molar-refractivity contribution in [1.82, 2.24) is 0 Å². The van der Waals surface area contributed by atoms with Crippen LogP contribution in [0.4, 0.5) is 4.79 Å². The third kappa shape index (κ3) is 6.12. The number of rotatable bonds is 8. The fourth-order valence-electron chi connectivity index (χ4n) is 2.96. The fourth-order valence-corrected chi connectivity index (χ4v) is 4.20. The zero-order valence-corrected chi connectivity index (χ0v) is 17.8. The Morgan fingerprint density at radius 1 is 0.875 bits per heavy atom. The number of benzene rings is 2. The van der Waals surface area contributed by atoms with Crippen molar-refractivity contribution >= 4 is 29.9 Å². The molecule has 0 spiro atoms. The molecule has 168 valence electrons. The van der Waals surface area contributed by atoms with Crippen LogP contribution in [0.3, 0.4) is 0 Å². The molecule has 9 heteroatoms. The summed E-state index contributed by atoms with van der Waals surface area (Å²) in [6.07, 6.45) is -1.98. The summed E-state index contributed by atoms with van der Waals surface area (Å²) in [6, 6.07) is 16.6. The highest BCUT2D eigenvalue weighted by Crippen LogP contribution is 2.37. The summed E-state index contributed by atoms with van der Waals surface area (Å²) in [5.41, 5.74) is -0.582. The summed E-state index contributed by atoms with van der Waals surface area (Å²) in [5, 5.41) is 9.77. The molecule has 0 aromatic heterocycles. The van der Waals surface area contributed by atoms with Gasteiger partial charge in [-0.15, -0.1) is 11.8 Å². The lowest BCUT2D eigenvalue weighted by Crippen LogP contribution is -2.42. The number of thioether (sulfide) groups is 1. The lowest BCUT2D eigenvalue weighted by Gasteiger charge is -2.24. The van der Waals surface area contributed by atoms with Gasteiger partial charge in [-0.2, -0.15) is 0 Å². The largest absolute Gasteiger partial charge is 0.509 e. The molecule has 32 heavy (non-hydrogen) atoms. The van der Waals surface area contributed by atoms with Crippen molar-refractivity contribution in [1.29, 1.82) is 0 Å². The van der Waals surface area contributed by atoms with E-state index in [0.29, 0.717) is 5.56 Å². The van der Waals surface area contributed by atoms with E-state index in [9.17, 15) is 19.5 Å². The van der Waals surface area contributed by atoms with Crippen molar-refractivity contribution in [3.05, 3.63) is 84.4 Å². The highest BCUT2D eigenvalue weighted by Gasteiger charge is 2.49. The Hall–Kier alpha value is -3.30. The molecule has 0 saturated carbocycles. The van der Waals surface area contributed by atoms with Crippen LogP contribution in [-0.2, 0) is 18.9 Å². The molecule has 4 atom stereocenters. The van der Waals surface area contributed by atoms with Crippen LogP contribution in [0.25, 0.3) is 0 Å². The number of hydrogen-bond donors (Lipinski definition) is 1. The fraction of sp³-hybridized carbons (Fsp3) is 0.261. The molecule has 1 N–H and O–H groups in total. The number of carbonyl (C=O) groups excluding carboxylic acids is 3. The van der Waals surface area contributed by atoms with Gasteiger partial charge in [-0.3, -0.25) is 0 Å². The summed E-state index contributed by atoms with van der Waals surface area (Å²) < 4.78 is 20.9. The highest BCUT2D eigenvalue weighted by molar-refractivity contribution is 8.00. The molecule has 0 bridgehead atoms. The Kier molecular flexibility index (Phi) is 8.29. The van der Waals surface area contributed by atoms with Gasteiger partial charge in [-0.05, 0) is 24.3 Å². The third-order valence-corrected chi connectivity index (χ3v) is 5.78. The molecule has 1 saturated heterocycles. The molecule has 0 amide bonds. The summed E-state index contributed by atoms with van der Waals surface area (Å²) in [7, 11) is 0. The summed E-state index contributed by atoms with van der Waals surface area (Å²) in [6.45, 7) is 3.18. The van der Waals surface area contributed by atoms with Crippen LogP contribution in [0, 0.1) is 0 Å². The van der Waals surface area contributed by atoms with Gasteiger partial charge in [-0.1, -0.05) is 49.1 Å². The van der Waals surface area contributed by atoms with Crippen LogP contribution in [0.1, 0.15) is 20.7 Å². The van der Waals surface area contributed by atoms with Crippen LogP contribution >= 0.6 is 11.8 Å². The van der Waals surface area contributed by atoms with Crippen LogP contribution < -0.4 is 0 Å². The topological polar surface area (TPSA) is 108 Å². The van der Waals surface area contributed by atoms with Gasteiger partial charge in [0, 0.05) is 0 Å². The van der Waals surface area contributed by atoms with E-state index in [0.717, 1.165) is 11.8 Å². The van der Waals surface area contributed by atoms with Gasteiger partial charge in [0.1, 0.15) is 18.6 Å². The van der Waals surface area contributed by atoms with E-state index < -0.39 is 41.0 Å². The normalized spacial score (nSPS) is 21.9. The van der Waals surface area contributed by atoms with Crippen molar-refractivity contribution < 1.29 is 38.4 Å². The number of ether oxygens (including phenoxy) is 4. The maximum Gasteiger partial charge on any atom is 0.509 e. The molecule has 0 radical (unpaired) electrons. The SMILES string of the molecule is C=CCOC(=O)O[C@H]1C(O)S[C@H](COC(=O)c2ccccc2)[C@@H]1OC(=O)c1ccccc1. The van der Waals surface area contributed by atoms with E-state index in [4.69, 9.17) is 18.9 Å². The predicted octanol–water partition coefficient (Wildman–Crippen LogP) is 3.21. The number of hydrogen-bond acceptors (Lipinski definition) is 9. The zero-order valence-electron chi connectivity index (χ0n) is 17.0. The van der Waals surface area contributed by atoms with Crippen LogP contribution in [0.5, 0.6) is 0 Å². The predicted molar refractivity (Wildman–Crippen MR) is 116 cm³/mol. The first-order valence-corrected chi connectivity index (χ1v) is 10.7. The molecule has 1 aliphatic rings. The summed E-state index contributed by atoms with van der Waals surface area (Å²) in [4.78, 5) is 36.8. The van der Waals surface area contributed by atoms with Crippen LogP contribution in [-0.4, -0.2) is 59.3 Å². The minimum absolute atomic E-state index is 0.0820. The molecule has 1 aliphatic heterocycles. The summed E-state index contributed by atoms with van der Waals surface area (Å²) in [5.74, 6) is -1.23. The molecule has 2 aromatic carbocycles. The van der Waals surface area contributed by atoms with Gasteiger partial charge in [0.2, 0.25) is 0 Å². The molecule has 1 heterocycles. The molecule has 3 rings (SSSR count). The molecular formula is C23H22O8S. The van der Waals surface area contributed by atoms with E-state index in [-0.39, 0.29) is 18.8 Å². The van der Waals surface area contributed by atoms with E-state index in [2.05, 4.69) is 6.58 Å². The maximum absolute atomic E-state index is 12.6. The average molecular weight is 458 g/mol. The Morgan fingerprint density at radius 2 is 1.47 bits per heavy atom. The first-order chi connectivity index (χ1) is 15.5. The Morgan fingerprint density at radius 3 is 2.06 bits per heavy atom. The monoisotopic (exact) mass is 458 g/mol. The number of carbonyl (C=O) groups is 3. The van der Waals surface area contributed by atoms with Crippen LogP contribution in [0.15, 0.2) is 73.3 Å². The first kappa shape index (κ1) is 23.4. The van der Waals surface area contributed by atoms with E-state index >= 15 is 0 Å². The number of aliphatic hydroxyl groups excluding tert-OH is 1. The first-order valence-electron chi connectivity index (χ1n) is 9.75. The molecule has 0 aliphatic carbocycles. The van der Waals surface area contributed by atoms with E-state index in [1.807, 2.05) is 0 Å². The summed E-state index contributed by atoms with van der Waals surface area (Å²) >= 11 is 0.970. The third-order valence-electron chi connectivity index (χ3n) is 4.48. The molecule has 1 unspecified atom stereocenters. The van der Waals surface area contributed by atoms with Gasteiger partial charge in [-0.25, -0.2) is 14.4 Å². The van der Waals surface area contributed by atoms with Gasteiger partial charge >= 0.3 is 18.1 Å². The minimum Gasteiger partial charge on any atom is -0.461 e. The minimum atomic E-state index is -1.22. The standard InChI is InChI=1S/C23H22O8S/c1-2-13-28-23(27)31-19-18(30-21(25)16-11-7-4-8-12-16)17(32-22(19)26)14-29-20(24)15-9-5-3-6-10-15/h2-12,17-19,22,26H,1,13-14H2/t17-,18+,19-,22?/m1/s1. The second-order valence-electron chi connectivity index (χ2n) is 6.70. The van der Waals surface area contributed by atoms with Crippen molar-refractivity contribution in [3.8, 4) is 0 Å². The van der Waals surface area contributed by atoms with Gasteiger partial charge < -0.3 is 24.1 Å². The Balaban J connectivity index is 1.72. The number of aliphatic hydroxyl groups is 1. The quantitative estimate of drug-likeness (QED) is 0.362. The van der Waals surface area contributed by atoms with E-state index in [1.54, 1.807) is 60.7 Å². The van der Waals surface area contributed by atoms with Gasteiger partial charge in [0.25, 0.3) is 0 Å². The van der Waals surface area contributed by atoms with Crippen molar-refractivity contribution in [3.63, 3.8) is 0 Å². The van der Waals surface area contributed by atoms with Gasteiger partial charge in [0.15, 0.2) is 12.2 Å².